The van der Waals surface area contributed by atoms with Gasteiger partial charge in [0.1, 0.15) is 5.75 Å². The third-order valence-corrected chi connectivity index (χ3v) is 3.05. The lowest BCUT2D eigenvalue weighted by molar-refractivity contribution is -0.187. The molecule has 0 aliphatic heterocycles. The van der Waals surface area contributed by atoms with E-state index in [0.717, 1.165) is 24.3 Å². The molecule has 0 fully saturated rings. The van der Waals surface area contributed by atoms with E-state index < -0.39 is 23.8 Å². The van der Waals surface area contributed by atoms with Crippen molar-refractivity contribution in [2.24, 2.45) is 0 Å². The zero-order valence-corrected chi connectivity index (χ0v) is 12.5. The molecule has 0 atom stereocenters. The molecular weight excluding hydrogens is 357 g/mol. The van der Waals surface area contributed by atoms with Crippen molar-refractivity contribution in [3.63, 3.8) is 0 Å². The number of hydrogen-bond acceptors (Lipinski definition) is 2. The van der Waals surface area contributed by atoms with Crippen LogP contribution in [-0.2, 0) is 11.0 Å². The van der Waals surface area contributed by atoms with Gasteiger partial charge in [0.15, 0.2) is 0 Å². The van der Waals surface area contributed by atoms with Crippen molar-refractivity contribution in [3.05, 3.63) is 59.1 Å². The molecule has 0 radical (unpaired) electrons. The van der Waals surface area contributed by atoms with E-state index in [4.69, 9.17) is 11.6 Å². The van der Waals surface area contributed by atoms with Gasteiger partial charge in [-0.25, -0.2) is 0 Å². The van der Waals surface area contributed by atoms with Crippen molar-refractivity contribution in [3.8, 4) is 5.75 Å². The van der Waals surface area contributed by atoms with Crippen LogP contribution < -0.4 is 10.1 Å². The van der Waals surface area contributed by atoms with Gasteiger partial charge in [0, 0.05) is 10.7 Å². The lowest BCUT2D eigenvalue weighted by atomic mass is 10.2. The third-order valence-electron chi connectivity index (χ3n) is 2.79. The fraction of sp³-hybridized carbons (Fsp3) is 0.133. The Morgan fingerprint density at radius 2 is 1.46 bits per heavy atom. The minimum Gasteiger partial charge on any atom is -0.425 e. The molecule has 0 aliphatic carbocycles. The van der Waals surface area contributed by atoms with E-state index in [9.17, 15) is 26.7 Å². The maximum Gasteiger partial charge on any atom is 0.482 e. The van der Waals surface area contributed by atoms with Crippen molar-refractivity contribution in [2.75, 3.05) is 5.32 Å². The molecule has 3 nitrogen and oxygen atoms in total. The maximum absolute atomic E-state index is 13.7. The van der Waals surface area contributed by atoms with Crippen molar-refractivity contribution >= 4 is 23.2 Å². The first-order valence-electron chi connectivity index (χ1n) is 6.39. The Morgan fingerprint density at radius 1 is 0.917 bits per heavy atom. The Labute approximate surface area is 138 Å². The van der Waals surface area contributed by atoms with Crippen molar-refractivity contribution < 1.29 is 31.5 Å². The average molecular weight is 366 g/mol. The minimum atomic E-state index is -4.57. The van der Waals surface area contributed by atoms with Gasteiger partial charge in [0.25, 0.3) is 0 Å². The van der Waals surface area contributed by atoms with Crippen LogP contribution >= 0.6 is 11.6 Å². The molecule has 0 bridgehead atoms. The van der Waals surface area contributed by atoms with Gasteiger partial charge in [-0.2, -0.15) is 22.0 Å². The molecule has 0 saturated heterocycles. The second kappa shape index (κ2) is 6.64. The minimum absolute atomic E-state index is 0.229. The summed E-state index contributed by atoms with van der Waals surface area (Å²) in [5.41, 5.74) is -1.20. The van der Waals surface area contributed by atoms with Gasteiger partial charge in [-0.1, -0.05) is 11.6 Å². The summed E-state index contributed by atoms with van der Waals surface area (Å²) in [5, 5.41) is 2.08. The van der Waals surface area contributed by atoms with Gasteiger partial charge in [-0.15, -0.1) is 0 Å². The predicted octanol–water partition coefficient (Wildman–Crippen LogP) is 4.97. The lowest BCUT2D eigenvalue weighted by Gasteiger charge is -2.17. The van der Waals surface area contributed by atoms with Gasteiger partial charge < -0.3 is 10.1 Å². The molecule has 9 heteroatoms. The zero-order valence-electron chi connectivity index (χ0n) is 11.7. The smallest absolute Gasteiger partial charge is 0.425 e. The molecule has 24 heavy (non-hydrogen) atoms. The van der Waals surface area contributed by atoms with Crippen molar-refractivity contribution in [2.45, 2.75) is 12.3 Å². The lowest BCUT2D eigenvalue weighted by Crippen LogP contribution is -2.39. The summed E-state index contributed by atoms with van der Waals surface area (Å²) in [5.74, 6) is -2.12. The Hall–Kier alpha value is -2.35. The van der Waals surface area contributed by atoms with Gasteiger partial charge >= 0.3 is 18.2 Å². The first-order valence-corrected chi connectivity index (χ1v) is 6.77. The molecule has 2 aromatic rings. The van der Waals surface area contributed by atoms with Crippen molar-refractivity contribution in [1.29, 1.82) is 0 Å². The number of amides is 1. The number of ether oxygens (including phenoxy) is 1. The average Bonchev–Trinajstić information content (AvgIpc) is 2.49. The summed E-state index contributed by atoms with van der Waals surface area (Å²) in [6.07, 6.45) is -8.79. The van der Waals surface area contributed by atoms with Crippen LogP contribution in [0, 0.1) is 0 Å². The molecule has 1 N–H and O–H groups in total. The largest absolute Gasteiger partial charge is 0.482 e. The number of benzene rings is 2. The molecule has 1 amide bonds. The number of nitrogens with one attached hydrogen (secondary N) is 1. The fourth-order valence-corrected chi connectivity index (χ4v) is 1.77. The molecule has 0 unspecified atom stereocenters. The van der Waals surface area contributed by atoms with E-state index >= 15 is 0 Å². The van der Waals surface area contributed by atoms with E-state index in [1.165, 1.54) is 12.1 Å². The topological polar surface area (TPSA) is 38.3 Å². The highest BCUT2D eigenvalue weighted by Crippen LogP contribution is 2.30. The van der Waals surface area contributed by atoms with Crippen LogP contribution in [-0.4, -0.2) is 12.0 Å². The number of carbonyl (C=O) groups excluding carboxylic acids is 1. The van der Waals surface area contributed by atoms with Gasteiger partial charge in [0.2, 0.25) is 0 Å². The first kappa shape index (κ1) is 18.0. The molecular formula is C15H9ClF5NO2. The van der Waals surface area contributed by atoms with E-state index in [2.05, 4.69) is 4.74 Å². The van der Waals surface area contributed by atoms with Gasteiger partial charge in [-0.3, -0.25) is 4.79 Å². The molecule has 0 aromatic heterocycles. The standard InChI is InChI=1S/C15H9ClF5NO2/c16-10-3-7-12(8-4-10)24-15(20,21)13(23)22-11-5-1-9(2-6-11)14(17,18)19/h1-8H,(H,22,23). The highest BCUT2D eigenvalue weighted by Gasteiger charge is 2.42. The summed E-state index contributed by atoms with van der Waals surface area (Å²) in [7, 11) is 0. The number of rotatable bonds is 4. The van der Waals surface area contributed by atoms with Gasteiger partial charge in [-0.05, 0) is 48.5 Å². The number of carbonyl (C=O) groups is 1. The molecule has 128 valence electrons. The fourth-order valence-electron chi connectivity index (χ4n) is 1.64. The number of hydrogen-bond donors (Lipinski definition) is 1. The monoisotopic (exact) mass is 365 g/mol. The summed E-state index contributed by atoms with van der Waals surface area (Å²) in [4.78, 5) is 11.6. The van der Waals surface area contributed by atoms with Crippen LogP contribution in [0.2, 0.25) is 5.02 Å². The van der Waals surface area contributed by atoms with E-state index in [1.807, 2.05) is 0 Å². The summed E-state index contributed by atoms with van der Waals surface area (Å²) < 4.78 is 68.9. The molecule has 2 rings (SSSR count). The highest BCUT2D eigenvalue weighted by atomic mass is 35.5. The number of halogens is 6. The van der Waals surface area contributed by atoms with E-state index in [0.29, 0.717) is 17.2 Å². The number of anilines is 1. The second-order valence-corrected chi connectivity index (χ2v) is 5.04. The summed E-state index contributed by atoms with van der Waals surface area (Å²) in [6, 6.07) is 7.91. The molecule has 0 spiro atoms. The van der Waals surface area contributed by atoms with Crippen LogP contribution in [0.1, 0.15) is 5.56 Å². The van der Waals surface area contributed by atoms with E-state index in [-0.39, 0.29) is 11.4 Å². The Bertz CT molecular complexity index is 714. The van der Waals surface area contributed by atoms with Crippen LogP contribution in [0.4, 0.5) is 27.6 Å². The van der Waals surface area contributed by atoms with Gasteiger partial charge in [0.05, 0.1) is 5.56 Å². The second-order valence-electron chi connectivity index (χ2n) is 4.60. The van der Waals surface area contributed by atoms with Crippen LogP contribution in [0.15, 0.2) is 48.5 Å². The highest BCUT2D eigenvalue weighted by molar-refractivity contribution is 6.30. The molecule has 0 saturated carbocycles. The van der Waals surface area contributed by atoms with E-state index in [1.54, 1.807) is 5.32 Å². The van der Waals surface area contributed by atoms with Crippen LogP contribution in [0.3, 0.4) is 0 Å². The van der Waals surface area contributed by atoms with Crippen LogP contribution in [0.25, 0.3) is 0 Å². The maximum atomic E-state index is 13.7. The normalized spacial score (nSPS) is 11.9. The third kappa shape index (κ3) is 4.58. The molecule has 0 aliphatic rings. The Balaban J connectivity index is 2.06. The first-order chi connectivity index (χ1) is 11.1. The quantitative estimate of drug-likeness (QED) is 0.777. The summed E-state index contributed by atoms with van der Waals surface area (Å²) in [6.45, 7) is 0. The van der Waals surface area contributed by atoms with Crippen molar-refractivity contribution in [1.82, 2.24) is 0 Å². The van der Waals surface area contributed by atoms with Crippen LogP contribution in [0.5, 0.6) is 5.75 Å². The Morgan fingerprint density at radius 3 is 1.96 bits per heavy atom. The molecule has 0 heterocycles. The SMILES string of the molecule is O=C(Nc1ccc(C(F)(F)F)cc1)C(F)(F)Oc1ccc(Cl)cc1. The Kier molecular flexibility index (Phi) is 4.98. The summed E-state index contributed by atoms with van der Waals surface area (Å²) >= 11 is 5.60. The predicted molar refractivity (Wildman–Crippen MR) is 77.1 cm³/mol. The number of alkyl halides is 5. The molecule has 2 aromatic carbocycles. The zero-order chi connectivity index (χ0) is 18.0.